The normalized spacial score (nSPS) is 24.6. The molecule has 1 aliphatic rings. The number of nitrogens with one attached hydrogen (secondary N) is 2. The summed E-state index contributed by atoms with van der Waals surface area (Å²) in [6.07, 6.45) is 0.146. The van der Waals surface area contributed by atoms with Crippen LogP contribution >= 0.6 is 0 Å². The number of carbonyl (C=O) groups excluding carboxylic acids is 1. The summed E-state index contributed by atoms with van der Waals surface area (Å²) < 4.78 is 5.35. The van der Waals surface area contributed by atoms with Crippen LogP contribution in [0.15, 0.2) is 0 Å². The molecule has 64 valence electrons. The van der Waals surface area contributed by atoms with Crippen LogP contribution in [-0.4, -0.2) is 38.3 Å². The van der Waals surface area contributed by atoms with Crippen molar-refractivity contribution in [1.82, 2.24) is 10.6 Å². The SMILES string of the molecule is CC(=O)NC[C@@H]1CNCCO1. The van der Waals surface area contributed by atoms with Crippen LogP contribution in [0.1, 0.15) is 6.92 Å². The quantitative estimate of drug-likeness (QED) is 0.548. The van der Waals surface area contributed by atoms with Gasteiger partial charge in [0.2, 0.25) is 5.91 Å². The van der Waals surface area contributed by atoms with Crippen LogP contribution in [0.25, 0.3) is 0 Å². The van der Waals surface area contributed by atoms with Crippen molar-refractivity contribution in [3.05, 3.63) is 0 Å². The first-order valence-electron chi connectivity index (χ1n) is 3.86. The molecular weight excluding hydrogens is 144 g/mol. The van der Waals surface area contributed by atoms with Crippen molar-refractivity contribution in [3.63, 3.8) is 0 Å². The van der Waals surface area contributed by atoms with Gasteiger partial charge in [-0.2, -0.15) is 0 Å². The largest absolute Gasteiger partial charge is 0.374 e. The smallest absolute Gasteiger partial charge is 0.216 e. The second-order valence-electron chi connectivity index (χ2n) is 2.63. The third-order valence-electron chi connectivity index (χ3n) is 1.58. The average Bonchev–Trinajstić information content (AvgIpc) is 2.03. The van der Waals surface area contributed by atoms with E-state index in [9.17, 15) is 4.79 Å². The fraction of sp³-hybridized carbons (Fsp3) is 0.857. The summed E-state index contributed by atoms with van der Waals surface area (Å²) in [6, 6.07) is 0. The Kier molecular flexibility index (Phi) is 3.32. The van der Waals surface area contributed by atoms with Gasteiger partial charge in [0, 0.05) is 26.6 Å². The van der Waals surface area contributed by atoms with Gasteiger partial charge in [-0.25, -0.2) is 0 Å². The highest BCUT2D eigenvalue weighted by molar-refractivity contribution is 5.72. The molecule has 1 atom stereocenters. The molecule has 0 aromatic carbocycles. The molecule has 4 heteroatoms. The second kappa shape index (κ2) is 4.31. The van der Waals surface area contributed by atoms with E-state index >= 15 is 0 Å². The zero-order valence-electron chi connectivity index (χ0n) is 6.72. The summed E-state index contributed by atoms with van der Waals surface area (Å²) in [4.78, 5) is 10.5. The maximum atomic E-state index is 10.5. The van der Waals surface area contributed by atoms with Gasteiger partial charge < -0.3 is 15.4 Å². The van der Waals surface area contributed by atoms with Crippen molar-refractivity contribution in [2.75, 3.05) is 26.2 Å². The van der Waals surface area contributed by atoms with Crippen LogP contribution in [0.4, 0.5) is 0 Å². The molecule has 1 aliphatic heterocycles. The highest BCUT2D eigenvalue weighted by atomic mass is 16.5. The second-order valence-corrected chi connectivity index (χ2v) is 2.63. The molecule has 4 nitrogen and oxygen atoms in total. The zero-order chi connectivity index (χ0) is 8.10. The fourth-order valence-electron chi connectivity index (χ4n) is 1.01. The molecule has 11 heavy (non-hydrogen) atoms. The first kappa shape index (κ1) is 8.49. The van der Waals surface area contributed by atoms with Gasteiger partial charge in [0.1, 0.15) is 0 Å². The molecule has 1 amide bonds. The Bertz CT molecular complexity index is 132. The molecule has 1 rings (SSSR count). The molecule has 1 saturated heterocycles. The van der Waals surface area contributed by atoms with Crippen molar-refractivity contribution in [3.8, 4) is 0 Å². The molecule has 0 unspecified atom stereocenters. The van der Waals surface area contributed by atoms with Gasteiger partial charge in [-0.05, 0) is 0 Å². The molecule has 1 heterocycles. The molecule has 0 aromatic rings. The molecular formula is C7H14N2O2. The van der Waals surface area contributed by atoms with Gasteiger partial charge in [0.25, 0.3) is 0 Å². The Morgan fingerprint density at radius 2 is 2.64 bits per heavy atom. The van der Waals surface area contributed by atoms with E-state index in [0.717, 1.165) is 19.7 Å². The van der Waals surface area contributed by atoms with Crippen LogP contribution < -0.4 is 10.6 Å². The number of ether oxygens (including phenoxy) is 1. The van der Waals surface area contributed by atoms with Crippen LogP contribution in [0, 0.1) is 0 Å². The van der Waals surface area contributed by atoms with E-state index in [1.807, 2.05) is 0 Å². The minimum absolute atomic E-state index is 0.000765. The maximum Gasteiger partial charge on any atom is 0.216 e. The number of morpholine rings is 1. The third-order valence-corrected chi connectivity index (χ3v) is 1.58. The van der Waals surface area contributed by atoms with E-state index in [0.29, 0.717) is 6.54 Å². The first-order valence-corrected chi connectivity index (χ1v) is 3.86. The van der Waals surface area contributed by atoms with Crippen LogP contribution in [-0.2, 0) is 9.53 Å². The standard InChI is InChI=1S/C7H14N2O2/c1-6(10)9-5-7-4-8-2-3-11-7/h7-8H,2-5H2,1H3,(H,9,10)/t7-/m0/s1. The van der Waals surface area contributed by atoms with Crippen molar-refractivity contribution in [2.24, 2.45) is 0 Å². The lowest BCUT2D eigenvalue weighted by Crippen LogP contribution is -2.44. The number of hydrogen-bond acceptors (Lipinski definition) is 3. The van der Waals surface area contributed by atoms with E-state index in [1.54, 1.807) is 0 Å². The van der Waals surface area contributed by atoms with Crippen molar-refractivity contribution < 1.29 is 9.53 Å². The zero-order valence-corrected chi connectivity index (χ0v) is 6.72. The maximum absolute atomic E-state index is 10.5. The van der Waals surface area contributed by atoms with Crippen LogP contribution in [0.2, 0.25) is 0 Å². The Balaban J connectivity index is 2.09. The summed E-state index contributed by atoms with van der Waals surface area (Å²) in [5.74, 6) is -0.000765. The van der Waals surface area contributed by atoms with Crippen LogP contribution in [0.3, 0.4) is 0 Å². The Morgan fingerprint density at radius 1 is 1.82 bits per heavy atom. The van der Waals surface area contributed by atoms with Gasteiger partial charge >= 0.3 is 0 Å². The number of amides is 1. The number of rotatable bonds is 2. The molecule has 0 radical (unpaired) electrons. The molecule has 0 spiro atoms. The van der Waals surface area contributed by atoms with E-state index in [4.69, 9.17) is 4.74 Å². The van der Waals surface area contributed by atoms with E-state index < -0.39 is 0 Å². The number of hydrogen-bond donors (Lipinski definition) is 2. The lowest BCUT2D eigenvalue weighted by atomic mass is 10.3. The predicted molar refractivity (Wildman–Crippen MR) is 41.3 cm³/mol. The fourth-order valence-corrected chi connectivity index (χ4v) is 1.01. The van der Waals surface area contributed by atoms with E-state index in [-0.39, 0.29) is 12.0 Å². The van der Waals surface area contributed by atoms with Crippen LogP contribution in [0.5, 0.6) is 0 Å². The highest BCUT2D eigenvalue weighted by Gasteiger charge is 2.12. The molecule has 0 saturated carbocycles. The predicted octanol–water partition coefficient (Wildman–Crippen LogP) is -0.889. The third kappa shape index (κ3) is 3.34. The number of carbonyl (C=O) groups is 1. The van der Waals surface area contributed by atoms with Gasteiger partial charge in [-0.15, -0.1) is 0 Å². The topological polar surface area (TPSA) is 50.4 Å². The molecule has 0 bridgehead atoms. The van der Waals surface area contributed by atoms with Gasteiger partial charge in [0.05, 0.1) is 12.7 Å². The summed E-state index contributed by atoms with van der Waals surface area (Å²) in [6.45, 7) is 4.61. The lowest BCUT2D eigenvalue weighted by Gasteiger charge is -2.23. The molecule has 1 fully saturated rings. The first-order chi connectivity index (χ1) is 5.29. The Morgan fingerprint density at radius 3 is 3.18 bits per heavy atom. The Labute approximate surface area is 66.3 Å². The molecule has 2 N–H and O–H groups in total. The average molecular weight is 158 g/mol. The monoisotopic (exact) mass is 158 g/mol. The minimum atomic E-state index is -0.000765. The summed E-state index contributed by atoms with van der Waals surface area (Å²) in [5, 5.41) is 5.89. The minimum Gasteiger partial charge on any atom is -0.374 e. The molecule has 0 aromatic heterocycles. The summed E-state index contributed by atoms with van der Waals surface area (Å²) in [7, 11) is 0. The summed E-state index contributed by atoms with van der Waals surface area (Å²) >= 11 is 0. The van der Waals surface area contributed by atoms with E-state index in [2.05, 4.69) is 10.6 Å². The Hall–Kier alpha value is -0.610. The van der Waals surface area contributed by atoms with Crippen molar-refractivity contribution >= 4 is 5.91 Å². The van der Waals surface area contributed by atoms with E-state index in [1.165, 1.54) is 6.92 Å². The van der Waals surface area contributed by atoms with Crippen molar-refractivity contribution in [2.45, 2.75) is 13.0 Å². The van der Waals surface area contributed by atoms with Crippen molar-refractivity contribution in [1.29, 1.82) is 0 Å². The van der Waals surface area contributed by atoms with Gasteiger partial charge in [0.15, 0.2) is 0 Å². The van der Waals surface area contributed by atoms with Gasteiger partial charge in [-0.3, -0.25) is 4.79 Å². The molecule has 0 aliphatic carbocycles. The highest BCUT2D eigenvalue weighted by Crippen LogP contribution is 1.93. The summed E-state index contributed by atoms with van der Waals surface area (Å²) in [5.41, 5.74) is 0. The lowest BCUT2D eigenvalue weighted by molar-refractivity contribution is -0.119. The van der Waals surface area contributed by atoms with Gasteiger partial charge in [-0.1, -0.05) is 0 Å².